The molecule has 1 saturated heterocycles. The van der Waals surface area contributed by atoms with Gasteiger partial charge in [-0.3, -0.25) is 4.79 Å². The van der Waals surface area contributed by atoms with Crippen molar-refractivity contribution in [2.45, 2.75) is 32.4 Å². The van der Waals surface area contributed by atoms with Crippen LogP contribution >= 0.6 is 0 Å². The first-order chi connectivity index (χ1) is 11.5. The van der Waals surface area contributed by atoms with Crippen LogP contribution in [-0.4, -0.2) is 45.6 Å². The van der Waals surface area contributed by atoms with E-state index in [0.717, 1.165) is 17.0 Å². The van der Waals surface area contributed by atoms with Crippen LogP contribution in [0, 0.1) is 13.8 Å². The standard InChI is InChI=1S/C18H21N3O3/c1-11-7-16(20-12(2)19-11)18(23)21-10-14(22)9-17(21)13-5-4-6-15(8-13)24-3/h4-8,14,17,22H,9-10H2,1-3H3/t14-,17+/m1/s1. The van der Waals surface area contributed by atoms with E-state index >= 15 is 0 Å². The van der Waals surface area contributed by atoms with Gasteiger partial charge in [-0.25, -0.2) is 9.97 Å². The predicted octanol–water partition coefficient (Wildman–Crippen LogP) is 2.05. The van der Waals surface area contributed by atoms with Gasteiger partial charge in [0.05, 0.1) is 19.3 Å². The zero-order chi connectivity index (χ0) is 17.3. The second-order valence-corrected chi connectivity index (χ2v) is 6.08. The molecule has 0 bridgehead atoms. The molecule has 0 aliphatic carbocycles. The highest BCUT2D eigenvalue weighted by atomic mass is 16.5. The minimum atomic E-state index is -0.547. The Hall–Kier alpha value is -2.47. The number of ether oxygens (including phenoxy) is 1. The highest BCUT2D eigenvalue weighted by Gasteiger charge is 2.36. The van der Waals surface area contributed by atoms with E-state index in [1.54, 1.807) is 25.0 Å². The molecule has 2 atom stereocenters. The molecule has 1 aliphatic rings. The number of β-amino-alcohol motifs (C(OH)–C–C–N with tert-alkyl or cyclic N) is 1. The van der Waals surface area contributed by atoms with E-state index in [1.807, 2.05) is 31.2 Å². The van der Waals surface area contributed by atoms with Crippen molar-refractivity contribution in [3.63, 3.8) is 0 Å². The summed E-state index contributed by atoms with van der Waals surface area (Å²) in [5.74, 6) is 1.11. The molecule has 6 heteroatoms. The molecule has 3 rings (SSSR count). The number of amides is 1. The highest BCUT2D eigenvalue weighted by molar-refractivity contribution is 5.93. The lowest BCUT2D eigenvalue weighted by Crippen LogP contribution is -2.32. The van der Waals surface area contributed by atoms with Crippen LogP contribution in [0.3, 0.4) is 0 Å². The Bertz CT molecular complexity index is 743. The summed E-state index contributed by atoms with van der Waals surface area (Å²) in [6, 6.07) is 9.08. The highest BCUT2D eigenvalue weighted by Crippen LogP contribution is 2.34. The summed E-state index contributed by atoms with van der Waals surface area (Å²) in [7, 11) is 1.61. The van der Waals surface area contributed by atoms with Crippen molar-refractivity contribution in [2.24, 2.45) is 0 Å². The van der Waals surface area contributed by atoms with Crippen LogP contribution < -0.4 is 4.74 Å². The number of aromatic nitrogens is 2. The van der Waals surface area contributed by atoms with Crippen LogP contribution in [0.25, 0.3) is 0 Å². The third kappa shape index (κ3) is 3.23. The maximum Gasteiger partial charge on any atom is 0.273 e. The topological polar surface area (TPSA) is 75.6 Å². The molecule has 1 fully saturated rings. The Morgan fingerprint density at radius 3 is 2.79 bits per heavy atom. The fourth-order valence-electron chi connectivity index (χ4n) is 3.18. The fourth-order valence-corrected chi connectivity index (χ4v) is 3.18. The minimum Gasteiger partial charge on any atom is -0.497 e. The van der Waals surface area contributed by atoms with Gasteiger partial charge in [-0.05, 0) is 44.0 Å². The molecule has 0 radical (unpaired) electrons. The number of hydrogen-bond donors (Lipinski definition) is 1. The van der Waals surface area contributed by atoms with Gasteiger partial charge < -0.3 is 14.7 Å². The Morgan fingerprint density at radius 1 is 1.29 bits per heavy atom. The van der Waals surface area contributed by atoms with Gasteiger partial charge in [-0.1, -0.05) is 12.1 Å². The first-order valence-electron chi connectivity index (χ1n) is 7.93. The van der Waals surface area contributed by atoms with Gasteiger partial charge in [0.15, 0.2) is 0 Å². The van der Waals surface area contributed by atoms with Crippen LogP contribution in [0.2, 0.25) is 0 Å². The molecule has 126 valence electrons. The minimum absolute atomic E-state index is 0.187. The number of aliphatic hydroxyl groups is 1. The van der Waals surface area contributed by atoms with E-state index in [-0.39, 0.29) is 11.9 Å². The third-order valence-electron chi connectivity index (χ3n) is 4.20. The van der Waals surface area contributed by atoms with Gasteiger partial charge >= 0.3 is 0 Å². The van der Waals surface area contributed by atoms with Crippen molar-refractivity contribution in [1.29, 1.82) is 0 Å². The van der Waals surface area contributed by atoms with Gasteiger partial charge in [-0.15, -0.1) is 0 Å². The van der Waals surface area contributed by atoms with E-state index in [4.69, 9.17) is 4.74 Å². The summed E-state index contributed by atoms with van der Waals surface area (Å²) in [6.45, 7) is 3.90. The molecule has 0 saturated carbocycles. The van der Waals surface area contributed by atoms with Crippen molar-refractivity contribution >= 4 is 5.91 Å². The van der Waals surface area contributed by atoms with Gasteiger partial charge in [0, 0.05) is 12.2 Å². The summed E-state index contributed by atoms with van der Waals surface area (Å²) in [5.41, 5.74) is 2.06. The molecule has 1 aliphatic heterocycles. The molecule has 1 aromatic heterocycles. The van der Waals surface area contributed by atoms with Crippen molar-refractivity contribution in [3.05, 3.63) is 53.1 Å². The fraction of sp³-hybridized carbons (Fsp3) is 0.389. The molecule has 2 heterocycles. The van der Waals surface area contributed by atoms with Crippen LogP contribution in [0.1, 0.15) is 40.0 Å². The number of carbonyl (C=O) groups excluding carboxylic acids is 1. The zero-order valence-electron chi connectivity index (χ0n) is 14.1. The zero-order valence-corrected chi connectivity index (χ0v) is 14.1. The monoisotopic (exact) mass is 327 g/mol. The smallest absolute Gasteiger partial charge is 0.273 e. The average molecular weight is 327 g/mol. The van der Waals surface area contributed by atoms with E-state index < -0.39 is 6.10 Å². The number of hydrogen-bond acceptors (Lipinski definition) is 5. The number of benzene rings is 1. The Kier molecular flexibility index (Phi) is 4.49. The van der Waals surface area contributed by atoms with Gasteiger partial charge in [0.25, 0.3) is 5.91 Å². The summed E-state index contributed by atoms with van der Waals surface area (Å²) in [4.78, 5) is 23.1. The van der Waals surface area contributed by atoms with Crippen molar-refractivity contribution in [3.8, 4) is 5.75 Å². The molecule has 6 nitrogen and oxygen atoms in total. The molecule has 1 amide bonds. The number of methoxy groups -OCH3 is 1. The van der Waals surface area contributed by atoms with Crippen LogP contribution in [0.15, 0.2) is 30.3 Å². The van der Waals surface area contributed by atoms with Crippen LogP contribution in [0.5, 0.6) is 5.75 Å². The van der Waals surface area contributed by atoms with Crippen molar-refractivity contribution in [1.82, 2.24) is 14.9 Å². The number of likely N-dealkylation sites (tertiary alicyclic amines) is 1. The molecular formula is C18H21N3O3. The van der Waals surface area contributed by atoms with Crippen molar-refractivity contribution < 1.29 is 14.6 Å². The lowest BCUT2D eigenvalue weighted by atomic mass is 10.0. The average Bonchev–Trinajstić information content (AvgIpc) is 2.95. The largest absolute Gasteiger partial charge is 0.497 e. The maximum absolute atomic E-state index is 12.9. The maximum atomic E-state index is 12.9. The lowest BCUT2D eigenvalue weighted by Gasteiger charge is -2.25. The SMILES string of the molecule is COc1cccc([C@@H]2C[C@@H](O)CN2C(=O)c2cc(C)nc(C)n2)c1. The lowest BCUT2D eigenvalue weighted by molar-refractivity contribution is 0.0709. The number of carbonyl (C=O) groups is 1. The number of nitrogens with zero attached hydrogens (tertiary/aromatic N) is 3. The first kappa shape index (κ1) is 16.4. The summed E-state index contributed by atoms with van der Waals surface area (Å²) < 4.78 is 5.27. The first-order valence-corrected chi connectivity index (χ1v) is 7.93. The summed E-state index contributed by atoms with van der Waals surface area (Å²) in [6.07, 6.45) is -0.0451. The van der Waals surface area contributed by atoms with Crippen molar-refractivity contribution in [2.75, 3.05) is 13.7 Å². The van der Waals surface area contributed by atoms with E-state index in [9.17, 15) is 9.90 Å². The normalized spacial score (nSPS) is 20.2. The van der Waals surface area contributed by atoms with Gasteiger partial charge in [0.2, 0.25) is 0 Å². The number of aliphatic hydroxyl groups excluding tert-OH is 1. The number of rotatable bonds is 3. The van der Waals surface area contributed by atoms with Crippen LogP contribution in [0.4, 0.5) is 0 Å². The van der Waals surface area contributed by atoms with E-state index in [2.05, 4.69) is 9.97 Å². The second kappa shape index (κ2) is 6.57. The Labute approximate surface area is 141 Å². The molecule has 24 heavy (non-hydrogen) atoms. The molecule has 1 aromatic carbocycles. The second-order valence-electron chi connectivity index (χ2n) is 6.08. The van der Waals surface area contributed by atoms with E-state index in [0.29, 0.717) is 24.5 Å². The predicted molar refractivity (Wildman–Crippen MR) is 88.9 cm³/mol. The molecule has 1 N–H and O–H groups in total. The summed E-state index contributed by atoms with van der Waals surface area (Å²) >= 11 is 0. The Balaban J connectivity index is 1.93. The van der Waals surface area contributed by atoms with Gasteiger partial charge in [-0.2, -0.15) is 0 Å². The van der Waals surface area contributed by atoms with E-state index in [1.165, 1.54) is 0 Å². The molecular weight excluding hydrogens is 306 g/mol. The molecule has 2 aromatic rings. The molecule has 0 unspecified atom stereocenters. The third-order valence-corrected chi connectivity index (χ3v) is 4.20. The Morgan fingerprint density at radius 2 is 2.08 bits per heavy atom. The summed E-state index contributed by atoms with van der Waals surface area (Å²) in [5, 5.41) is 10.1. The van der Waals surface area contributed by atoms with Crippen LogP contribution in [-0.2, 0) is 0 Å². The number of aryl methyl sites for hydroxylation is 2. The molecule has 0 spiro atoms. The van der Waals surface area contributed by atoms with Gasteiger partial charge in [0.1, 0.15) is 17.3 Å². The quantitative estimate of drug-likeness (QED) is 0.934.